The van der Waals surface area contributed by atoms with Gasteiger partial charge in [0, 0.05) is 16.8 Å². The van der Waals surface area contributed by atoms with Crippen LogP contribution in [-0.2, 0) is 16.2 Å². The highest BCUT2D eigenvalue weighted by molar-refractivity contribution is 9.10. The lowest BCUT2D eigenvalue weighted by atomic mass is 10.2. The van der Waals surface area contributed by atoms with Crippen LogP contribution in [0.4, 0.5) is 10.5 Å². The van der Waals surface area contributed by atoms with Crippen LogP contribution in [0.25, 0.3) is 6.08 Å². The first kappa shape index (κ1) is 26.1. The van der Waals surface area contributed by atoms with Crippen LogP contribution in [0.15, 0.2) is 70.0 Å². The van der Waals surface area contributed by atoms with Gasteiger partial charge in [-0.15, -0.1) is 0 Å². The second-order valence-corrected chi connectivity index (χ2v) is 10.6. The van der Waals surface area contributed by atoms with E-state index in [4.69, 9.17) is 25.8 Å². The van der Waals surface area contributed by atoms with Crippen molar-refractivity contribution in [2.45, 2.75) is 6.61 Å². The van der Waals surface area contributed by atoms with Gasteiger partial charge in [0.1, 0.15) is 32.1 Å². The fourth-order valence-corrected chi connectivity index (χ4v) is 5.19. The number of carbonyl (C=O) groups is 3. The first-order valence-corrected chi connectivity index (χ1v) is 13.5. The molecule has 3 amide bonds. The van der Waals surface area contributed by atoms with Crippen molar-refractivity contribution < 1.29 is 28.6 Å². The summed E-state index contributed by atoms with van der Waals surface area (Å²) in [5.74, 6) is 0.710. The summed E-state index contributed by atoms with van der Waals surface area (Å²) in [4.78, 5) is 39.1. The third kappa shape index (κ3) is 6.15. The number of amides is 3. The van der Waals surface area contributed by atoms with Crippen molar-refractivity contribution in [3.05, 3.63) is 86.2 Å². The Morgan fingerprint density at radius 1 is 1.05 bits per heavy atom. The molecule has 3 aromatic rings. The van der Waals surface area contributed by atoms with Crippen LogP contribution in [0.2, 0.25) is 5.02 Å². The number of benzene rings is 3. The van der Waals surface area contributed by atoms with Gasteiger partial charge < -0.3 is 19.5 Å². The van der Waals surface area contributed by atoms with Crippen LogP contribution < -0.4 is 19.5 Å². The number of hydrogen-bond acceptors (Lipinski definition) is 7. The number of hydrogen-bond donors (Lipinski definition) is 1. The Morgan fingerprint density at radius 2 is 1.82 bits per heavy atom. The van der Waals surface area contributed by atoms with Gasteiger partial charge in [0.15, 0.2) is 11.5 Å². The Bertz CT molecular complexity index is 1450. The molecule has 3 aromatic carbocycles. The maximum absolute atomic E-state index is 12.9. The highest BCUT2D eigenvalue weighted by atomic mass is 79.9. The highest BCUT2D eigenvalue weighted by Gasteiger charge is 2.36. The van der Waals surface area contributed by atoms with Crippen LogP contribution >= 0.6 is 39.3 Å². The number of anilines is 1. The molecule has 1 N–H and O–H groups in total. The van der Waals surface area contributed by atoms with E-state index in [1.165, 1.54) is 0 Å². The summed E-state index contributed by atoms with van der Waals surface area (Å²) >= 11 is 10.2. The number of imide groups is 1. The molecule has 0 radical (unpaired) electrons. The van der Waals surface area contributed by atoms with Crippen LogP contribution in [0, 0.1) is 0 Å². The van der Waals surface area contributed by atoms with Crippen molar-refractivity contribution in [2.75, 3.05) is 25.1 Å². The van der Waals surface area contributed by atoms with Crippen LogP contribution in [-0.4, -0.2) is 41.7 Å². The van der Waals surface area contributed by atoms with Crippen molar-refractivity contribution in [2.24, 2.45) is 0 Å². The van der Waals surface area contributed by atoms with E-state index in [1.807, 2.05) is 12.1 Å². The lowest BCUT2D eigenvalue weighted by Crippen LogP contribution is -2.36. The number of nitrogens with one attached hydrogen (secondary N) is 1. The second kappa shape index (κ2) is 11.5. The summed E-state index contributed by atoms with van der Waals surface area (Å²) in [7, 11) is 0. The van der Waals surface area contributed by atoms with E-state index in [9.17, 15) is 14.4 Å². The number of carbonyl (C=O) groups excluding carboxylic acids is 3. The standard InChI is InChI=1S/C27H20BrClN2O6S/c28-20-11-17(3-7-21(20)37-15-16-1-4-18(29)5-2-16)12-24-26(33)31(27(34)38-24)14-25(32)30-19-6-8-22-23(13-19)36-10-9-35-22/h1-8,11-13H,9-10,14-15H2,(H,30,32)/b24-12+. The SMILES string of the molecule is O=C(CN1C(=O)S/C(=C/c2ccc(OCc3ccc(Cl)cc3)c(Br)c2)C1=O)Nc1ccc2c(c1)OCCO2. The molecule has 5 rings (SSSR count). The molecule has 8 nitrogen and oxygen atoms in total. The van der Waals surface area contributed by atoms with E-state index in [0.29, 0.717) is 57.8 Å². The number of halogens is 2. The molecule has 0 bridgehead atoms. The summed E-state index contributed by atoms with van der Waals surface area (Å²) in [5.41, 5.74) is 2.14. The first-order valence-electron chi connectivity index (χ1n) is 11.5. The van der Waals surface area contributed by atoms with Crippen molar-refractivity contribution in [3.63, 3.8) is 0 Å². The molecule has 0 aliphatic carbocycles. The number of nitrogens with zero attached hydrogens (tertiary/aromatic N) is 1. The third-order valence-electron chi connectivity index (χ3n) is 5.56. The lowest BCUT2D eigenvalue weighted by molar-refractivity contribution is -0.127. The molecule has 2 aliphatic heterocycles. The molecule has 0 saturated carbocycles. The Labute approximate surface area is 236 Å². The fourth-order valence-electron chi connectivity index (χ4n) is 3.72. The van der Waals surface area contributed by atoms with Crippen LogP contribution in [0.5, 0.6) is 17.2 Å². The number of ether oxygens (including phenoxy) is 3. The smallest absolute Gasteiger partial charge is 0.294 e. The largest absolute Gasteiger partial charge is 0.488 e. The van der Waals surface area contributed by atoms with E-state index in [0.717, 1.165) is 22.2 Å². The molecule has 11 heteroatoms. The minimum absolute atomic E-state index is 0.226. The molecule has 2 aliphatic rings. The van der Waals surface area contributed by atoms with Gasteiger partial charge in [0.25, 0.3) is 11.1 Å². The minimum atomic E-state index is -0.531. The van der Waals surface area contributed by atoms with Gasteiger partial charge in [-0.3, -0.25) is 19.3 Å². The zero-order chi connectivity index (χ0) is 26.6. The van der Waals surface area contributed by atoms with E-state index in [2.05, 4.69) is 21.2 Å². The van der Waals surface area contributed by atoms with Crippen molar-refractivity contribution in [1.82, 2.24) is 4.90 Å². The highest BCUT2D eigenvalue weighted by Crippen LogP contribution is 2.35. The molecular weight excluding hydrogens is 596 g/mol. The summed E-state index contributed by atoms with van der Waals surface area (Å²) < 4.78 is 17.5. The van der Waals surface area contributed by atoms with E-state index in [-0.39, 0.29) is 4.91 Å². The molecule has 194 valence electrons. The Kier molecular flexibility index (Phi) is 7.92. The molecule has 0 atom stereocenters. The van der Waals surface area contributed by atoms with Crippen LogP contribution in [0.3, 0.4) is 0 Å². The fraction of sp³-hybridized carbons (Fsp3) is 0.148. The Hall–Kier alpha value is -3.47. The molecule has 0 unspecified atom stereocenters. The van der Waals surface area contributed by atoms with Gasteiger partial charge in [0.05, 0.1) is 9.38 Å². The maximum atomic E-state index is 12.9. The average molecular weight is 616 g/mol. The monoisotopic (exact) mass is 614 g/mol. The Balaban J connectivity index is 1.20. The number of thioether (sulfide) groups is 1. The second-order valence-electron chi connectivity index (χ2n) is 8.28. The van der Waals surface area contributed by atoms with Gasteiger partial charge in [-0.1, -0.05) is 29.8 Å². The predicted octanol–water partition coefficient (Wildman–Crippen LogP) is 6.13. The summed E-state index contributed by atoms with van der Waals surface area (Å²) in [6.45, 7) is 0.841. The molecule has 0 aromatic heterocycles. The maximum Gasteiger partial charge on any atom is 0.294 e. The third-order valence-corrected chi connectivity index (χ3v) is 7.34. The number of rotatable bonds is 7. The van der Waals surface area contributed by atoms with Gasteiger partial charge in [-0.2, -0.15) is 0 Å². The van der Waals surface area contributed by atoms with Crippen LogP contribution in [0.1, 0.15) is 11.1 Å². The molecule has 38 heavy (non-hydrogen) atoms. The quantitative estimate of drug-likeness (QED) is 0.320. The van der Waals surface area contributed by atoms with Crippen molar-refractivity contribution in [3.8, 4) is 17.2 Å². The van der Waals surface area contributed by atoms with Gasteiger partial charge in [-0.05, 0) is 81.3 Å². The van der Waals surface area contributed by atoms with E-state index >= 15 is 0 Å². The normalized spacial score (nSPS) is 15.6. The topological polar surface area (TPSA) is 94.2 Å². The average Bonchev–Trinajstić information content (AvgIpc) is 3.16. The predicted molar refractivity (Wildman–Crippen MR) is 149 cm³/mol. The lowest BCUT2D eigenvalue weighted by Gasteiger charge is -2.19. The zero-order valence-corrected chi connectivity index (χ0v) is 22.9. The van der Waals surface area contributed by atoms with Gasteiger partial charge in [0.2, 0.25) is 5.91 Å². The van der Waals surface area contributed by atoms with E-state index < -0.39 is 23.6 Å². The minimum Gasteiger partial charge on any atom is -0.488 e. The summed E-state index contributed by atoms with van der Waals surface area (Å²) in [5, 5.41) is 2.83. The van der Waals surface area contributed by atoms with Gasteiger partial charge >= 0.3 is 0 Å². The number of fused-ring (bicyclic) bond motifs is 1. The van der Waals surface area contributed by atoms with Crippen molar-refractivity contribution >= 4 is 68.1 Å². The molecule has 0 spiro atoms. The first-order chi connectivity index (χ1) is 18.4. The van der Waals surface area contributed by atoms with E-state index in [1.54, 1.807) is 54.6 Å². The summed E-state index contributed by atoms with van der Waals surface area (Å²) in [6, 6.07) is 17.7. The summed E-state index contributed by atoms with van der Waals surface area (Å²) in [6.07, 6.45) is 1.61. The Morgan fingerprint density at radius 3 is 2.58 bits per heavy atom. The molecule has 2 heterocycles. The zero-order valence-electron chi connectivity index (χ0n) is 19.7. The van der Waals surface area contributed by atoms with Crippen molar-refractivity contribution in [1.29, 1.82) is 0 Å². The molecule has 1 fully saturated rings. The molecular formula is C27H20BrClN2O6S. The molecule has 1 saturated heterocycles. The van der Waals surface area contributed by atoms with Gasteiger partial charge in [-0.25, -0.2) is 0 Å².